The Balaban J connectivity index is 1.56. The Labute approximate surface area is 161 Å². The van der Waals surface area contributed by atoms with Crippen molar-refractivity contribution in [2.45, 2.75) is 57.4 Å². The van der Waals surface area contributed by atoms with Crippen LogP contribution in [0.15, 0.2) is 70.6 Å². The van der Waals surface area contributed by atoms with Crippen LogP contribution in [0.25, 0.3) is 0 Å². The Morgan fingerprint density at radius 3 is 1.41 bits per heavy atom. The molecule has 0 radical (unpaired) electrons. The maximum Gasteiger partial charge on any atom is 0.194 e. The van der Waals surface area contributed by atoms with E-state index in [4.69, 9.17) is 19.5 Å². The van der Waals surface area contributed by atoms with Crippen LogP contribution in [0.2, 0.25) is 0 Å². The Kier molecular flexibility index (Phi) is 4.29. The van der Waals surface area contributed by atoms with Crippen molar-refractivity contribution in [2.24, 2.45) is 9.98 Å². The van der Waals surface area contributed by atoms with Gasteiger partial charge in [0, 0.05) is 0 Å². The predicted octanol–water partition coefficient (Wildman–Crippen LogP) is 5.27. The third-order valence-corrected chi connectivity index (χ3v) is 5.16. The molecule has 4 rings (SSSR count). The Morgan fingerprint density at radius 1 is 0.667 bits per heavy atom. The first-order valence-electron chi connectivity index (χ1n) is 9.46. The van der Waals surface area contributed by atoms with Crippen molar-refractivity contribution in [1.82, 2.24) is 0 Å². The number of nitrogens with zero attached hydrogens (tertiary/aromatic N) is 2. The van der Waals surface area contributed by atoms with E-state index in [9.17, 15) is 0 Å². The normalized spacial score (nSPS) is 25.3. The summed E-state index contributed by atoms with van der Waals surface area (Å²) in [5, 5.41) is 0. The molecule has 0 N–H and O–H groups in total. The minimum Gasteiger partial charge on any atom is -0.472 e. The lowest BCUT2D eigenvalue weighted by molar-refractivity contribution is 0.0871. The summed E-state index contributed by atoms with van der Waals surface area (Å²) in [6.45, 7) is 8.31. The van der Waals surface area contributed by atoms with Crippen molar-refractivity contribution in [2.75, 3.05) is 0 Å². The lowest BCUT2D eigenvalue weighted by Gasteiger charge is -2.26. The Hall–Kier alpha value is -2.62. The molecule has 2 aliphatic rings. The highest BCUT2D eigenvalue weighted by molar-refractivity contribution is 5.99. The average Bonchev–Trinajstić information content (AvgIpc) is 3.11. The summed E-state index contributed by atoms with van der Waals surface area (Å²) in [5.41, 5.74) is 1.55. The van der Waals surface area contributed by atoms with Crippen LogP contribution < -0.4 is 0 Å². The molecule has 2 atom stereocenters. The molecule has 0 unspecified atom stereocenters. The molecular weight excluding hydrogens is 336 g/mol. The van der Waals surface area contributed by atoms with Gasteiger partial charge in [0.2, 0.25) is 0 Å². The zero-order valence-electron chi connectivity index (χ0n) is 16.3. The zero-order valence-corrected chi connectivity index (χ0v) is 16.3. The topological polar surface area (TPSA) is 43.2 Å². The lowest BCUT2D eigenvalue weighted by atomic mass is 9.93. The van der Waals surface area contributed by atoms with Gasteiger partial charge < -0.3 is 9.47 Å². The molecule has 4 heteroatoms. The Bertz CT molecular complexity index is 796. The second-order valence-electron chi connectivity index (χ2n) is 8.26. The molecule has 0 aliphatic carbocycles. The van der Waals surface area contributed by atoms with Gasteiger partial charge in [0.15, 0.2) is 11.8 Å². The Morgan fingerprint density at radius 2 is 1.04 bits per heavy atom. The minimum atomic E-state index is -0.385. The first-order valence-corrected chi connectivity index (χ1v) is 9.46. The molecule has 0 aromatic heterocycles. The quantitative estimate of drug-likeness (QED) is 0.743. The van der Waals surface area contributed by atoms with E-state index >= 15 is 0 Å². The average molecular weight is 362 g/mol. The molecule has 0 spiro atoms. The summed E-state index contributed by atoms with van der Waals surface area (Å²) >= 11 is 0. The van der Waals surface area contributed by atoms with Gasteiger partial charge in [-0.15, -0.1) is 0 Å². The number of benzene rings is 2. The summed E-state index contributed by atoms with van der Waals surface area (Å²) in [6, 6.07) is 20.5. The van der Waals surface area contributed by atoms with Crippen LogP contribution in [0, 0.1) is 0 Å². The van der Waals surface area contributed by atoms with E-state index in [1.165, 1.54) is 0 Å². The number of rotatable bonds is 4. The van der Waals surface area contributed by atoms with Crippen LogP contribution in [0.1, 0.15) is 57.3 Å². The zero-order chi connectivity index (χ0) is 19.1. The van der Waals surface area contributed by atoms with Crippen LogP contribution in [-0.4, -0.2) is 23.0 Å². The van der Waals surface area contributed by atoms with E-state index in [1.807, 2.05) is 36.4 Å². The molecule has 0 saturated heterocycles. The van der Waals surface area contributed by atoms with Gasteiger partial charge in [-0.3, -0.25) is 0 Å². The molecule has 0 fully saturated rings. The van der Waals surface area contributed by atoms with Gasteiger partial charge in [-0.05, 0) is 38.8 Å². The molecule has 140 valence electrons. The maximum atomic E-state index is 6.18. The van der Waals surface area contributed by atoms with Crippen LogP contribution in [-0.2, 0) is 9.47 Å². The highest BCUT2D eigenvalue weighted by Gasteiger charge is 2.43. The number of ether oxygens (including phenoxy) is 2. The number of hydrogen-bond donors (Lipinski definition) is 0. The fourth-order valence-electron chi connectivity index (χ4n) is 3.89. The molecule has 2 heterocycles. The predicted molar refractivity (Wildman–Crippen MR) is 108 cm³/mol. The minimum absolute atomic E-state index is 0.0198. The smallest absolute Gasteiger partial charge is 0.194 e. The molecule has 2 aromatic carbocycles. The van der Waals surface area contributed by atoms with Gasteiger partial charge in [0.1, 0.15) is 23.3 Å². The van der Waals surface area contributed by atoms with E-state index in [0.717, 1.165) is 11.1 Å². The maximum absolute atomic E-state index is 6.18. The van der Waals surface area contributed by atoms with E-state index in [-0.39, 0.29) is 23.3 Å². The SMILES string of the molecule is CC1(C)OC(CC2=N[C@@H](c3ccccc3)C(C)(C)O2)=N[C@H]1c1ccccc1. The third-order valence-electron chi connectivity index (χ3n) is 5.16. The fourth-order valence-corrected chi connectivity index (χ4v) is 3.89. The summed E-state index contributed by atoms with van der Waals surface area (Å²) in [4.78, 5) is 9.71. The van der Waals surface area contributed by atoms with Gasteiger partial charge in [0.05, 0.1) is 6.42 Å². The number of aliphatic imine (C=N–C) groups is 2. The van der Waals surface area contributed by atoms with Crippen LogP contribution in [0.5, 0.6) is 0 Å². The van der Waals surface area contributed by atoms with Gasteiger partial charge in [-0.2, -0.15) is 0 Å². The molecule has 2 aliphatic heterocycles. The first-order chi connectivity index (χ1) is 12.9. The van der Waals surface area contributed by atoms with Gasteiger partial charge in [-0.25, -0.2) is 9.98 Å². The highest BCUT2D eigenvalue weighted by atomic mass is 16.5. The van der Waals surface area contributed by atoms with E-state index < -0.39 is 0 Å². The lowest BCUT2D eigenvalue weighted by Crippen LogP contribution is -2.29. The molecule has 0 saturated carbocycles. The van der Waals surface area contributed by atoms with E-state index in [0.29, 0.717) is 18.2 Å². The highest BCUT2D eigenvalue weighted by Crippen LogP contribution is 2.41. The third kappa shape index (κ3) is 3.48. The fraction of sp³-hybridized carbons (Fsp3) is 0.391. The summed E-state index contributed by atoms with van der Waals surface area (Å²) < 4.78 is 12.4. The second kappa shape index (κ2) is 6.52. The van der Waals surface area contributed by atoms with Crippen molar-refractivity contribution in [1.29, 1.82) is 0 Å². The van der Waals surface area contributed by atoms with Crippen LogP contribution in [0.4, 0.5) is 0 Å². The first kappa shape index (κ1) is 17.8. The standard InChI is InChI=1S/C23H26N2O2/c1-22(2)20(16-11-7-5-8-12-16)24-18(26-22)15-19-25-21(23(3,4)27-19)17-13-9-6-10-14-17/h5-14,20-21H,15H2,1-4H3/t20-,21-/m0/s1. The summed E-state index contributed by atoms with van der Waals surface area (Å²) in [5.74, 6) is 1.38. The van der Waals surface area contributed by atoms with Crippen molar-refractivity contribution < 1.29 is 9.47 Å². The van der Waals surface area contributed by atoms with Gasteiger partial charge >= 0.3 is 0 Å². The largest absolute Gasteiger partial charge is 0.472 e. The van der Waals surface area contributed by atoms with E-state index in [1.54, 1.807) is 0 Å². The van der Waals surface area contributed by atoms with Crippen molar-refractivity contribution in [3.63, 3.8) is 0 Å². The van der Waals surface area contributed by atoms with Crippen LogP contribution in [0.3, 0.4) is 0 Å². The van der Waals surface area contributed by atoms with Gasteiger partial charge in [-0.1, -0.05) is 60.7 Å². The molecular formula is C23H26N2O2. The van der Waals surface area contributed by atoms with Crippen molar-refractivity contribution in [3.8, 4) is 0 Å². The number of hydrogen-bond acceptors (Lipinski definition) is 4. The summed E-state index contributed by atoms with van der Waals surface area (Å²) in [6.07, 6.45) is 0.486. The van der Waals surface area contributed by atoms with Crippen molar-refractivity contribution in [3.05, 3.63) is 71.8 Å². The molecule has 0 bridgehead atoms. The second-order valence-corrected chi connectivity index (χ2v) is 8.26. The molecule has 2 aromatic rings. The summed E-state index contributed by atoms with van der Waals surface area (Å²) in [7, 11) is 0. The molecule has 4 nitrogen and oxygen atoms in total. The van der Waals surface area contributed by atoms with Crippen LogP contribution >= 0.6 is 0 Å². The van der Waals surface area contributed by atoms with Gasteiger partial charge in [0.25, 0.3) is 0 Å². The molecule has 0 amide bonds. The molecule has 27 heavy (non-hydrogen) atoms. The monoisotopic (exact) mass is 362 g/mol. The van der Waals surface area contributed by atoms with E-state index in [2.05, 4.69) is 52.0 Å². The van der Waals surface area contributed by atoms with Crippen molar-refractivity contribution >= 4 is 11.8 Å².